The zero-order valence-corrected chi connectivity index (χ0v) is 14.4. The van der Waals surface area contributed by atoms with E-state index in [9.17, 15) is 9.59 Å². The van der Waals surface area contributed by atoms with Crippen molar-refractivity contribution in [3.63, 3.8) is 0 Å². The number of carbonyl (C=O) groups is 2. The highest BCUT2D eigenvalue weighted by Gasteiger charge is 2.16. The third-order valence-corrected chi connectivity index (χ3v) is 2.90. The lowest BCUT2D eigenvalue weighted by Gasteiger charge is -2.19. The minimum absolute atomic E-state index is 0.221. The molecule has 0 radical (unpaired) electrons. The predicted molar refractivity (Wildman–Crippen MR) is 93.9 cm³/mol. The van der Waals surface area contributed by atoms with Gasteiger partial charge in [0, 0.05) is 0 Å². The zero-order valence-electron chi connectivity index (χ0n) is 14.4. The number of ether oxygens (including phenoxy) is 1. The van der Waals surface area contributed by atoms with Gasteiger partial charge in [-0.15, -0.1) is 0 Å². The number of rotatable bonds is 4. The molecule has 25 heavy (non-hydrogen) atoms. The largest absolute Gasteiger partial charge is 0.444 e. The van der Waals surface area contributed by atoms with Gasteiger partial charge in [-0.1, -0.05) is 6.07 Å². The van der Waals surface area contributed by atoms with Crippen molar-refractivity contribution in [1.29, 1.82) is 0 Å². The molecule has 2 heterocycles. The molecule has 2 aromatic rings. The van der Waals surface area contributed by atoms with Crippen LogP contribution < -0.4 is 16.4 Å². The Balaban J connectivity index is 1.90. The van der Waals surface area contributed by atoms with Gasteiger partial charge in [-0.05, 0) is 45.0 Å². The van der Waals surface area contributed by atoms with Crippen LogP contribution in [0.2, 0.25) is 0 Å². The first-order valence-electron chi connectivity index (χ1n) is 7.68. The summed E-state index contributed by atoms with van der Waals surface area (Å²) in [5.41, 5.74) is 6.30. The van der Waals surface area contributed by atoms with Gasteiger partial charge < -0.3 is 15.8 Å². The van der Waals surface area contributed by atoms with Gasteiger partial charge in [0.25, 0.3) is 5.91 Å². The van der Waals surface area contributed by atoms with E-state index >= 15 is 0 Å². The van der Waals surface area contributed by atoms with Crippen molar-refractivity contribution >= 4 is 23.5 Å². The molecule has 0 saturated carbocycles. The lowest BCUT2D eigenvalue weighted by Crippen LogP contribution is -2.27. The summed E-state index contributed by atoms with van der Waals surface area (Å²) in [4.78, 5) is 31.9. The highest BCUT2D eigenvalue weighted by Crippen LogP contribution is 2.11. The number of hydrogen-bond donors (Lipinski definition) is 3. The van der Waals surface area contributed by atoms with E-state index in [0.717, 1.165) is 0 Å². The number of nitrogens with one attached hydrogen (secondary N) is 2. The maximum absolute atomic E-state index is 12.1. The number of anilines is 2. The fraction of sp³-hybridized carbons (Fsp3) is 0.294. The van der Waals surface area contributed by atoms with Crippen molar-refractivity contribution in [3.05, 3.63) is 47.9 Å². The summed E-state index contributed by atoms with van der Waals surface area (Å²) in [7, 11) is 0. The number of nitrogens with zero attached hydrogens (tertiary/aromatic N) is 2. The van der Waals surface area contributed by atoms with E-state index in [1.807, 2.05) is 0 Å². The highest BCUT2D eigenvalue weighted by molar-refractivity contribution is 5.93. The Kier molecular flexibility index (Phi) is 5.53. The summed E-state index contributed by atoms with van der Waals surface area (Å²) in [6.07, 6.45) is 0.802. The zero-order chi connectivity index (χ0) is 18.4. The van der Waals surface area contributed by atoms with Crippen molar-refractivity contribution in [1.82, 2.24) is 15.3 Å². The molecule has 0 atom stereocenters. The molecule has 0 unspecified atom stereocenters. The van der Waals surface area contributed by atoms with E-state index in [1.165, 1.54) is 12.3 Å². The topological polar surface area (TPSA) is 119 Å². The highest BCUT2D eigenvalue weighted by atomic mass is 16.6. The first-order valence-corrected chi connectivity index (χ1v) is 7.68. The Morgan fingerprint density at radius 3 is 2.56 bits per heavy atom. The van der Waals surface area contributed by atoms with E-state index in [2.05, 4.69) is 20.6 Å². The minimum atomic E-state index is -0.591. The summed E-state index contributed by atoms with van der Waals surface area (Å²) < 4.78 is 5.14. The monoisotopic (exact) mass is 343 g/mol. The van der Waals surface area contributed by atoms with Crippen LogP contribution in [0.5, 0.6) is 0 Å². The molecule has 0 aromatic carbocycles. The Labute approximate surface area is 145 Å². The van der Waals surface area contributed by atoms with Gasteiger partial charge in [0.2, 0.25) is 0 Å². The fourth-order valence-electron chi connectivity index (χ4n) is 1.88. The van der Waals surface area contributed by atoms with Crippen molar-refractivity contribution in [2.45, 2.75) is 32.9 Å². The SMILES string of the molecule is CC(C)(C)OC(=O)Nc1ccc(C(=O)NCc2cccc(N)n2)nc1. The normalized spacial score (nSPS) is 10.8. The molecule has 2 amide bonds. The lowest BCUT2D eigenvalue weighted by atomic mass is 10.2. The van der Waals surface area contributed by atoms with Crippen molar-refractivity contribution in [2.24, 2.45) is 0 Å². The van der Waals surface area contributed by atoms with Crippen molar-refractivity contribution < 1.29 is 14.3 Å². The van der Waals surface area contributed by atoms with Gasteiger partial charge in [-0.2, -0.15) is 0 Å². The number of nitrogens with two attached hydrogens (primary N) is 1. The summed E-state index contributed by atoms with van der Waals surface area (Å²) in [6.45, 7) is 5.55. The molecule has 0 bridgehead atoms. The number of hydrogen-bond acceptors (Lipinski definition) is 6. The summed E-state index contributed by atoms with van der Waals surface area (Å²) in [5, 5.41) is 5.25. The summed E-state index contributed by atoms with van der Waals surface area (Å²) >= 11 is 0. The van der Waals surface area contributed by atoms with E-state index in [1.54, 1.807) is 45.0 Å². The average molecular weight is 343 g/mol. The van der Waals surface area contributed by atoms with Crippen LogP contribution in [0.4, 0.5) is 16.3 Å². The summed E-state index contributed by atoms with van der Waals surface area (Å²) in [6, 6.07) is 8.28. The van der Waals surface area contributed by atoms with Crippen LogP contribution >= 0.6 is 0 Å². The molecule has 0 aliphatic heterocycles. The Morgan fingerprint density at radius 2 is 1.96 bits per heavy atom. The first kappa shape index (κ1) is 18.2. The Morgan fingerprint density at radius 1 is 1.20 bits per heavy atom. The molecule has 4 N–H and O–H groups in total. The number of pyridine rings is 2. The van der Waals surface area contributed by atoms with Crippen molar-refractivity contribution in [3.8, 4) is 0 Å². The molecule has 8 nitrogen and oxygen atoms in total. The second kappa shape index (κ2) is 7.61. The van der Waals surface area contributed by atoms with E-state index in [-0.39, 0.29) is 18.1 Å². The second-order valence-corrected chi connectivity index (χ2v) is 6.30. The molecule has 0 aliphatic carbocycles. The maximum atomic E-state index is 12.1. The third kappa shape index (κ3) is 6.09. The molecule has 2 rings (SSSR count). The quantitative estimate of drug-likeness (QED) is 0.784. The van der Waals surface area contributed by atoms with Crippen LogP contribution in [0.3, 0.4) is 0 Å². The number of carbonyl (C=O) groups excluding carboxylic acids is 2. The molecule has 0 aliphatic rings. The Hall–Kier alpha value is -3.16. The molecule has 0 spiro atoms. The van der Waals surface area contributed by atoms with Crippen LogP contribution in [0.15, 0.2) is 36.5 Å². The standard InChI is InChI=1S/C17H21N5O3/c1-17(2,3)25-16(24)22-12-7-8-13(19-9-12)15(23)20-10-11-5-4-6-14(18)21-11/h4-9H,10H2,1-3H3,(H2,18,21)(H,20,23)(H,22,24). The van der Waals surface area contributed by atoms with Gasteiger partial charge in [0.15, 0.2) is 0 Å². The molecule has 2 aromatic heterocycles. The number of aromatic nitrogens is 2. The third-order valence-electron chi connectivity index (χ3n) is 2.90. The van der Waals surface area contributed by atoms with Crippen LogP contribution in [-0.2, 0) is 11.3 Å². The van der Waals surface area contributed by atoms with Crippen molar-refractivity contribution in [2.75, 3.05) is 11.1 Å². The smallest absolute Gasteiger partial charge is 0.412 e. The minimum Gasteiger partial charge on any atom is -0.444 e. The maximum Gasteiger partial charge on any atom is 0.412 e. The van der Waals surface area contributed by atoms with Gasteiger partial charge >= 0.3 is 6.09 Å². The predicted octanol–water partition coefficient (Wildman–Crippen LogP) is 2.34. The lowest BCUT2D eigenvalue weighted by molar-refractivity contribution is 0.0635. The van der Waals surface area contributed by atoms with Gasteiger partial charge in [0.1, 0.15) is 17.1 Å². The number of nitrogen functional groups attached to an aromatic ring is 1. The molecule has 8 heteroatoms. The molecular formula is C17H21N5O3. The fourth-order valence-corrected chi connectivity index (χ4v) is 1.88. The van der Waals surface area contributed by atoms with Crippen LogP contribution in [-0.4, -0.2) is 27.6 Å². The van der Waals surface area contributed by atoms with Gasteiger partial charge in [-0.25, -0.2) is 14.8 Å². The van der Waals surface area contributed by atoms with Gasteiger partial charge in [-0.3, -0.25) is 10.1 Å². The molecule has 0 saturated heterocycles. The molecular weight excluding hydrogens is 322 g/mol. The van der Waals surface area contributed by atoms with Crippen LogP contribution in [0.1, 0.15) is 37.0 Å². The van der Waals surface area contributed by atoms with E-state index in [4.69, 9.17) is 10.5 Å². The van der Waals surface area contributed by atoms with Crippen LogP contribution in [0, 0.1) is 0 Å². The van der Waals surface area contributed by atoms with Crippen LogP contribution in [0.25, 0.3) is 0 Å². The van der Waals surface area contributed by atoms with E-state index in [0.29, 0.717) is 17.2 Å². The van der Waals surface area contributed by atoms with E-state index < -0.39 is 11.7 Å². The number of amides is 2. The first-order chi connectivity index (χ1) is 11.7. The molecule has 0 fully saturated rings. The second-order valence-electron chi connectivity index (χ2n) is 6.30. The average Bonchev–Trinajstić information content (AvgIpc) is 2.51. The molecule has 132 valence electrons. The summed E-state index contributed by atoms with van der Waals surface area (Å²) in [5.74, 6) is 0.0375. The Bertz CT molecular complexity index is 754. The van der Waals surface area contributed by atoms with Gasteiger partial charge in [0.05, 0.1) is 24.1 Å².